The fourth-order valence-corrected chi connectivity index (χ4v) is 1.39. The van der Waals surface area contributed by atoms with E-state index in [2.05, 4.69) is 4.18 Å². The minimum Gasteiger partial charge on any atom is -0.488 e. The summed E-state index contributed by atoms with van der Waals surface area (Å²) in [7, 11) is -4.47. The molecular formula is C10H14O5S. The monoisotopic (exact) mass is 246 g/mol. The van der Waals surface area contributed by atoms with Crippen molar-refractivity contribution in [2.75, 3.05) is 0 Å². The average Bonchev–Trinajstić information content (AvgIpc) is 2.03. The van der Waals surface area contributed by atoms with Gasteiger partial charge in [0.1, 0.15) is 17.1 Å². The Morgan fingerprint density at radius 3 is 1.88 bits per heavy atom. The molecule has 0 radical (unpaired) electrons. The molecule has 6 heteroatoms. The molecule has 0 amide bonds. The molecule has 5 nitrogen and oxygen atoms in total. The Bertz CT molecular complexity index is 441. The van der Waals surface area contributed by atoms with Gasteiger partial charge in [-0.25, -0.2) is 0 Å². The highest BCUT2D eigenvalue weighted by Crippen LogP contribution is 2.22. The summed E-state index contributed by atoms with van der Waals surface area (Å²) in [5, 5.41) is 0. The van der Waals surface area contributed by atoms with Gasteiger partial charge >= 0.3 is 10.4 Å². The maximum absolute atomic E-state index is 10.4. The molecule has 0 spiro atoms. The zero-order valence-corrected chi connectivity index (χ0v) is 10.1. The molecule has 0 saturated carbocycles. The highest BCUT2D eigenvalue weighted by atomic mass is 32.3. The lowest BCUT2D eigenvalue weighted by Gasteiger charge is -2.21. The third-order valence-corrected chi connectivity index (χ3v) is 1.85. The molecule has 0 aliphatic heterocycles. The fourth-order valence-electron chi connectivity index (χ4n) is 1.04. The summed E-state index contributed by atoms with van der Waals surface area (Å²) >= 11 is 0. The van der Waals surface area contributed by atoms with E-state index in [1.54, 1.807) is 12.1 Å². The molecule has 1 aromatic carbocycles. The Hall–Kier alpha value is -1.27. The molecule has 90 valence electrons. The predicted octanol–water partition coefficient (Wildman–Crippen LogP) is 2.05. The molecule has 0 saturated heterocycles. The highest BCUT2D eigenvalue weighted by molar-refractivity contribution is 7.81. The van der Waals surface area contributed by atoms with Crippen molar-refractivity contribution in [3.8, 4) is 11.5 Å². The van der Waals surface area contributed by atoms with Crippen LogP contribution in [-0.2, 0) is 10.4 Å². The van der Waals surface area contributed by atoms with E-state index in [4.69, 9.17) is 9.29 Å². The van der Waals surface area contributed by atoms with E-state index in [9.17, 15) is 8.42 Å². The van der Waals surface area contributed by atoms with Crippen molar-refractivity contribution in [1.82, 2.24) is 0 Å². The van der Waals surface area contributed by atoms with E-state index < -0.39 is 10.4 Å². The third kappa shape index (κ3) is 4.99. The molecule has 1 N–H and O–H groups in total. The van der Waals surface area contributed by atoms with Crippen LogP contribution >= 0.6 is 0 Å². The van der Waals surface area contributed by atoms with Crippen LogP contribution < -0.4 is 8.92 Å². The Labute approximate surface area is 95.0 Å². The van der Waals surface area contributed by atoms with Crippen molar-refractivity contribution in [3.63, 3.8) is 0 Å². The zero-order valence-electron chi connectivity index (χ0n) is 9.30. The SMILES string of the molecule is CC(C)(C)Oc1ccc(OS(=O)(=O)O)cc1. The highest BCUT2D eigenvalue weighted by Gasteiger charge is 2.12. The van der Waals surface area contributed by atoms with Gasteiger partial charge in [-0.1, -0.05) is 0 Å². The number of hydrogen-bond donors (Lipinski definition) is 1. The number of ether oxygens (including phenoxy) is 1. The quantitative estimate of drug-likeness (QED) is 0.826. The maximum Gasteiger partial charge on any atom is 0.446 e. The van der Waals surface area contributed by atoms with Crippen molar-refractivity contribution in [1.29, 1.82) is 0 Å². The van der Waals surface area contributed by atoms with E-state index in [1.807, 2.05) is 20.8 Å². The molecule has 0 aromatic heterocycles. The first kappa shape index (κ1) is 12.8. The van der Waals surface area contributed by atoms with E-state index in [0.29, 0.717) is 5.75 Å². The molecule has 1 aromatic rings. The van der Waals surface area contributed by atoms with Crippen LogP contribution in [0, 0.1) is 0 Å². The normalized spacial score (nSPS) is 12.2. The molecule has 0 aliphatic carbocycles. The summed E-state index contributed by atoms with van der Waals surface area (Å²) in [5.41, 5.74) is -0.328. The lowest BCUT2D eigenvalue weighted by atomic mass is 10.2. The van der Waals surface area contributed by atoms with Crippen LogP contribution in [0.2, 0.25) is 0 Å². The Morgan fingerprint density at radius 2 is 1.50 bits per heavy atom. The second kappa shape index (κ2) is 4.31. The largest absolute Gasteiger partial charge is 0.488 e. The van der Waals surface area contributed by atoms with Crippen LogP contribution in [0.4, 0.5) is 0 Å². The summed E-state index contributed by atoms with van der Waals surface area (Å²) in [6.07, 6.45) is 0. The minimum absolute atomic E-state index is 0.0313. The molecule has 0 heterocycles. The van der Waals surface area contributed by atoms with Gasteiger partial charge in [0, 0.05) is 0 Å². The van der Waals surface area contributed by atoms with Crippen molar-refractivity contribution in [3.05, 3.63) is 24.3 Å². The Balaban J connectivity index is 2.76. The van der Waals surface area contributed by atoms with Gasteiger partial charge in [0.05, 0.1) is 0 Å². The summed E-state index contributed by atoms with van der Waals surface area (Å²) in [6.45, 7) is 5.70. The van der Waals surface area contributed by atoms with Gasteiger partial charge in [-0.3, -0.25) is 4.55 Å². The van der Waals surface area contributed by atoms with Crippen LogP contribution in [0.15, 0.2) is 24.3 Å². The summed E-state index contributed by atoms with van der Waals surface area (Å²) in [6, 6.07) is 5.92. The van der Waals surface area contributed by atoms with Crippen LogP contribution in [0.5, 0.6) is 11.5 Å². The molecule has 0 atom stereocenters. The molecular weight excluding hydrogens is 232 g/mol. The summed E-state index contributed by atoms with van der Waals surface area (Å²) in [5.74, 6) is 0.624. The van der Waals surface area contributed by atoms with Crippen molar-refractivity contribution in [2.45, 2.75) is 26.4 Å². The van der Waals surface area contributed by atoms with Gasteiger partial charge in [0.15, 0.2) is 0 Å². The van der Waals surface area contributed by atoms with Crippen LogP contribution in [0.3, 0.4) is 0 Å². The first-order chi connectivity index (χ1) is 7.16. The Kier molecular flexibility index (Phi) is 3.44. The van der Waals surface area contributed by atoms with Crippen LogP contribution in [0.1, 0.15) is 20.8 Å². The van der Waals surface area contributed by atoms with Crippen LogP contribution in [0.25, 0.3) is 0 Å². The fraction of sp³-hybridized carbons (Fsp3) is 0.400. The summed E-state index contributed by atoms with van der Waals surface area (Å²) in [4.78, 5) is 0. The van der Waals surface area contributed by atoms with E-state index >= 15 is 0 Å². The molecule has 16 heavy (non-hydrogen) atoms. The van der Waals surface area contributed by atoms with E-state index in [-0.39, 0.29) is 11.4 Å². The second-order valence-electron chi connectivity index (χ2n) is 4.20. The van der Waals surface area contributed by atoms with Crippen molar-refractivity contribution in [2.24, 2.45) is 0 Å². The predicted molar refractivity (Wildman–Crippen MR) is 59.0 cm³/mol. The second-order valence-corrected chi connectivity index (χ2v) is 5.22. The van der Waals surface area contributed by atoms with Crippen molar-refractivity contribution >= 4 is 10.4 Å². The van der Waals surface area contributed by atoms with Gasteiger partial charge in [0.25, 0.3) is 0 Å². The third-order valence-electron chi connectivity index (χ3n) is 1.45. The zero-order chi connectivity index (χ0) is 12.4. The maximum atomic E-state index is 10.4. The first-order valence-corrected chi connectivity index (χ1v) is 5.98. The van der Waals surface area contributed by atoms with Gasteiger partial charge in [-0.05, 0) is 45.0 Å². The standard InChI is InChI=1S/C10H14O5S/c1-10(2,3)14-8-4-6-9(7-5-8)15-16(11,12)13/h4-7H,1-3H3,(H,11,12,13). The van der Waals surface area contributed by atoms with E-state index in [1.165, 1.54) is 12.1 Å². The smallest absolute Gasteiger partial charge is 0.446 e. The Morgan fingerprint density at radius 1 is 1.06 bits per heavy atom. The van der Waals surface area contributed by atoms with Crippen molar-refractivity contribution < 1.29 is 21.9 Å². The number of rotatable bonds is 3. The van der Waals surface area contributed by atoms with E-state index in [0.717, 1.165) is 0 Å². The number of hydrogen-bond acceptors (Lipinski definition) is 4. The average molecular weight is 246 g/mol. The minimum atomic E-state index is -4.47. The van der Waals surface area contributed by atoms with Gasteiger partial charge in [-0.2, -0.15) is 8.42 Å². The molecule has 0 unspecified atom stereocenters. The molecule has 0 aliphatic rings. The topological polar surface area (TPSA) is 72.8 Å². The summed E-state index contributed by atoms with van der Waals surface area (Å²) < 4.78 is 39.1. The lowest BCUT2D eigenvalue weighted by molar-refractivity contribution is 0.131. The first-order valence-electron chi connectivity index (χ1n) is 4.62. The number of benzene rings is 1. The lowest BCUT2D eigenvalue weighted by Crippen LogP contribution is -2.22. The van der Waals surface area contributed by atoms with Gasteiger partial charge < -0.3 is 8.92 Å². The van der Waals surface area contributed by atoms with Crippen LogP contribution in [-0.4, -0.2) is 18.6 Å². The molecule has 0 bridgehead atoms. The van der Waals surface area contributed by atoms with Gasteiger partial charge in [0.2, 0.25) is 0 Å². The molecule has 1 rings (SSSR count). The van der Waals surface area contributed by atoms with Gasteiger partial charge in [-0.15, -0.1) is 0 Å². The molecule has 0 fully saturated rings.